The number of carbonyl (C=O) groups excluding carboxylic acids is 1. The van der Waals surface area contributed by atoms with Gasteiger partial charge in [-0.25, -0.2) is 0 Å². The van der Waals surface area contributed by atoms with Gasteiger partial charge in [0.15, 0.2) is 0 Å². The molecule has 1 saturated heterocycles. The summed E-state index contributed by atoms with van der Waals surface area (Å²) < 4.78 is 1.75. The molecule has 0 saturated carbocycles. The molecule has 1 amide bonds. The van der Waals surface area contributed by atoms with Crippen LogP contribution in [-0.2, 0) is 11.8 Å². The first-order valence-electron chi connectivity index (χ1n) is 6.20. The predicted molar refractivity (Wildman–Crippen MR) is 65.7 cm³/mol. The van der Waals surface area contributed by atoms with Crippen LogP contribution in [0.4, 0.5) is 0 Å². The van der Waals surface area contributed by atoms with Crippen LogP contribution in [0.3, 0.4) is 0 Å². The van der Waals surface area contributed by atoms with Crippen LogP contribution >= 0.6 is 0 Å². The van der Waals surface area contributed by atoms with Crippen LogP contribution in [0.25, 0.3) is 0 Å². The summed E-state index contributed by atoms with van der Waals surface area (Å²) in [6, 6.07) is 0. The Labute approximate surface area is 102 Å². The molecule has 0 bridgehead atoms. The van der Waals surface area contributed by atoms with Crippen LogP contribution in [0.1, 0.15) is 24.8 Å². The first-order chi connectivity index (χ1) is 8.22. The lowest BCUT2D eigenvalue weighted by Gasteiger charge is -2.30. The van der Waals surface area contributed by atoms with E-state index in [0.29, 0.717) is 0 Å². The van der Waals surface area contributed by atoms with Crippen LogP contribution < -0.4 is 5.32 Å². The third-order valence-corrected chi connectivity index (χ3v) is 3.26. The van der Waals surface area contributed by atoms with Crippen LogP contribution in [-0.4, -0.2) is 46.8 Å². The normalized spacial score (nSPS) is 18.1. The topological polar surface area (TPSA) is 50.2 Å². The Hall–Kier alpha value is -1.36. The van der Waals surface area contributed by atoms with Gasteiger partial charge < -0.3 is 10.2 Å². The molecule has 0 spiro atoms. The van der Waals surface area contributed by atoms with E-state index in [9.17, 15) is 4.79 Å². The zero-order valence-electron chi connectivity index (χ0n) is 10.5. The highest BCUT2D eigenvalue weighted by Gasteiger charge is 2.26. The van der Waals surface area contributed by atoms with E-state index in [0.717, 1.165) is 38.2 Å². The molecule has 1 aliphatic rings. The van der Waals surface area contributed by atoms with Crippen molar-refractivity contribution >= 4 is 5.91 Å². The maximum absolute atomic E-state index is 12.4. The van der Waals surface area contributed by atoms with Crippen molar-refractivity contribution in [2.75, 3.05) is 26.2 Å². The molecule has 0 radical (unpaired) electrons. The lowest BCUT2D eigenvalue weighted by molar-refractivity contribution is -0.133. The van der Waals surface area contributed by atoms with E-state index >= 15 is 0 Å². The highest BCUT2D eigenvalue weighted by Crippen LogP contribution is 2.21. The summed E-state index contributed by atoms with van der Waals surface area (Å²) in [5, 5.41) is 7.41. The minimum atomic E-state index is -0.0400. The standard InChI is InChI=1S/C12H20N4O/c1-3-11(10-8-14-15(2)9-10)12(17)16-6-4-13-5-7-16/h8-9,11,13H,3-7H2,1-2H3. The molecule has 5 heteroatoms. The fourth-order valence-electron chi connectivity index (χ4n) is 2.28. The lowest BCUT2D eigenvalue weighted by atomic mass is 9.98. The number of aryl methyl sites for hydroxylation is 1. The van der Waals surface area contributed by atoms with Gasteiger partial charge in [0.1, 0.15) is 0 Å². The Morgan fingerprint density at radius 3 is 2.76 bits per heavy atom. The summed E-state index contributed by atoms with van der Waals surface area (Å²) in [6.45, 7) is 5.48. The van der Waals surface area contributed by atoms with Crippen LogP contribution in [0.2, 0.25) is 0 Å². The van der Waals surface area contributed by atoms with Gasteiger partial charge in [0.2, 0.25) is 5.91 Å². The smallest absolute Gasteiger partial charge is 0.230 e. The molecule has 2 rings (SSSR count). The first kappa shape index (κ1) is 12.1. The zero-order chi connectivity index (χ0) is 12.3. The molecular weight excluding hydrogens is 216 g/mol. The van der Waals surface area contributed by atoms with E-state index in [1.165, 1.54) is 0 Å². The summed E-state index contributed by atoms with van der Waals surface area (Å²) >= 11 is 0. The van der Waals surface area contributed by atoms with Crippen LogP contribution in [0.15, 0.2) is 12.4 Å². The van der Waals surface area contributed by atoms with Crippen molar-refractivity contribution in [3.63, 3.8) is 0 Å². The van der Waals surface area contributed by atoms with Crippen molar-refractivity contribution in [1.29, 1.82) is 0 Å². The average Bonchev–Trinajstić information content (AvgIpc) is 2.78. The SMILES string of the molecule is CCC(C(=O)N1CCNCC1)c1cnn(C)c1. The van der Waals surface area contributed by atoms with Gasteiger partial charge in [-0.2, -0.15) is 5.10 Å². The predicted octanol–water partition coefficient (Wildman–Crippen LogP) is 0.345. The number of hydrogen-bond donors (Lipinski definition) is 1. The Morgan fingerprint density at radius 2 is 2.24 bits per heavy atom. The van der Waals surface area contributed by atoms with E-state index < -0.39 is 0 Å². The number of hydrogen-bond acceptors (Lipinski definition) is 3. The molecule has 94 valence electrons. The third kappa shape index (κ3) is 2.66. The highest BCUT2D eigenvalue weighted by molar-refractivity contribution is 5.83. The lowest BCUT2D eigenvalue weighted by Crippen LogP contribution is -2.47. The number of nitrogens with one attached hydrogen (secondary N) is 1. The van der Waals surface area contributed by atoms with Gasteiger partial charge in [-0.1, -0.05) is 6.92 Å². The number of amides is 1. The number of aromatic nitrogens is 2. The maximum Gasteiger partial charge on any atom is 0.230 e. The summed E-state index contributed by atoms with van der Waals surface area (Å²) in [7, 11) is 1.88. The van der Waals surface area contributed by atoms with Gasteiger partial charge in [0, 0.05) is 45.0 Å². The number of nitrogens with zero attached hydrogens (tertiary/aromatic N) is 3. The largest absolute Gasteiger partial charge is 0.340 e. The molecule has 1 N–H and O–H groups in total. The van der Waals surface area contributed by atoms with Gasteiger partial charge in [-0.3, -0.25) is 9.48 Å². The molecule has 1 aliphatic heterocycles. The molecule has 1 fully saturated rings. The van der Waals surface area contributed by atoms with Gasteiger partial charge in [-0.15, -0.1) is 0 Å². The first-order valence-corrected chi connectivity index (χ1v) is 6.20. The van der Waals surface area contributed by atoms with Crippen molar-refractivity contribution in [1.82, 2.24) is 20.0 Å². The van der Waals surface area contributed by atoms with Crippen molar-refractivity contribution < 1.29 is 4.79 Å². The van der Waals surface area contributed by atoms with E-state index in [1.54, 1.807) is 10.9 Å². The maximum atomic E-state index is 12.4. The monoisotopic (exact) mass is 236 g/mol. The van der Waals surface area contributed by atoms with Crippen molar-refractivity contribution in [2.45, 2.75) is 19.3 Å². The van der Waals surface area contributed by atoms with Crippen molar-refractivity contribution in [2.24, 2.45) is 7.05 Å². The minimum Gasteiger partial charge on any atom is -0.340 e. The Kier molecular flexibility index (Phi) is 3.78. The second-order valence-corrected chi connectivity index (χ2v) is 4.48. The van der Waals surface area contributed by atoms with Crippen LogP contribution in [0, 0.1) is 0 Å². The molecule has 0 aliphatic carbocycles. The summed E-state index contributed by atoms with van der Waals surface area (Å²) in [5.41, 5.74) is 1.03. The molecule has 2 heterocycles. The fraction of sp³-hybridized carbons (Fsp3) is 0.667. The van der Waals surface area contributed by atoms with E-state index in [2.05, 4.69) is 17.3 Å². The Morgan fingerprint density at radius 1 is 1.53 bits per heavy atom. The van der Waals surface area contributed by atoms with Gasteiger partial charge in [0.05, 0.1) is 12.1 Å². The minimum absolute atomic E-state index is 0.0400. The number of piperazine rings is 1. The third-order valence-electron chi connectivity index (χ3n) is 3.26. The zero-order valence-corrected chi connectivity index (χ0v) is 10.5. The molecule has 5 nitrogen and oxygen atoms in total. The molecule has 0 aromatic carbocycles. The molecule has 17 heavy (non-hydrogen) atoms. The molecule has 1 atom stereocenters. The van der Waals surface area contributed by atoms with E-state index in [4.69, 9.17) is 0 Å². The second-order valence-electron chi connectivity index (χ2n) is 4.48. The second kappa shape index (κ2) is 5.31. The summed E-state index contributed by atoms with van der Waals surface area (Å²) in [6.07, 6.45) is 4.57. The summed E-state index contributed by atoms with van der Waals surface area (Å²) in [5.74, 6) is 0.198. The van der Waals surface area contributed by atoms with E-state index in [1.807, 2.05) is 18.1 Å². The highest BCUT2D eigenvalue weighted by atomic mass is 16.2. The molecule has 1 aromatic heterocycles. The van der Waals surface area contributed by atoms with Gasteiger partial charge in [-0.05, 0) is 6.42 Å². The molecule has 1 unspecified atom stereocenters. The Bertz CT molecular complexity index is 382. The van der Waals surface area contributed by atoms with Gasteiger partial charge >= 0.3 is 0 Å². The number of rotatable bonds is 3. The number of carbonyl (C=O) groups is 1. The van der Waals surface area contributed by atoms with Crippen molar-refractivity contribution in [3.8, 4) is 0 Å². The Balaban J connectivity index is 2.09. The average molecular weight is 236 g/mol. The van der Waals surface area contributed by atoms with Gasteiger partial charge in [0.25, 0.3) is 0 Å². The quantitative estimate of drug-likeness (QED) is 0.823. The van der Waals surface area contributed by atoms with Crippen LogP contribution in [0.5, 0.6) is 0 Å². The van der Waals surface area contributed by atoms with Crippen molar-refractivity contribution in [3.05, 3.63) is 18.0 Å². The van der Waals surface area contributed by atoms with E-state index in [-0.39, 0.29) is 11.8 Å². The fourth-order valence-corrected chi connectivity index (χ4v) is 2.28. The summed E-state index contributed by atoms with van der Waals surface area (Å²) in [4.78, 5) is 14.4. The molecular formula is C12H20N4O. The molecule has 1 aromatic rings.